The Labute approximate surface area is 202 Å². The van der Waals surface area contributed by atoms with Crippen molar-refractivity contribution in [3.8, 4) is 0 Å². The molecule has 0 radical (unpaired) electrons. The number of aliphatic imine (C=N–C) groups is 1. The first-order valence-electron chi connectivity index (χ1n) is 10.5. The summed E-state index contributed by atoms with van der Waals surface area (Å²) in [4.78, 5) is 15.2. The second-order valence-electron chi connectivity index (χ2n) is 7.50. The van der Waals surface area contributed by atoms with E-state index >= 15 is 0 Å². The Morgan fingerprint density at radius 3 is 2.73 bits per heavy atom. The third kappa shape index (κ3) is 7.47. The van der Waals surface area contributed by atoms with Crippen LogP contribution in [0.4, 0.5) is 0 Å². The van der Waals surface area contributed by atoms with Crippen LogP contribution >= 0.6 is 35.3 Å². The van der Waals surface area contributed by atoms with Crippen molar-refractivity contribution in [2.45, 2.75) is 32.4 Å². The summed E-state index contributed by atoms with van der Waals surface area (Å²) in [6, 6.07) is 11.4. The highest BCUT2D eigenvalue weighted by molar-refractivity contribution is 14.0. The van der Waals surface area contributed by atoms with E-state index in [2.05, 4.69) is 74.7 Å². The summed E-state index contributed by atoms with van der Waals surface area (Å²) >= 11 is 1.76. The number of halogens is 1. The molecule has 1 unspecified atom stereocenters. The second-order valence-corrected chi connectivity index (χ2v) is 8.70. The Morgan fingerprint density at radius 2 is 2.03 bits per heavy atom. The lowest BCUT2D eigenvalue weighted by atomic mass is 10.0. The Hall–Kier alpha value is -1.23. The maximum Gasteiger partial charge on any atom is 0.191 e. The van der Waals surface area contributed by atoms with Gasteiger partial charge in [0.15, 0.2) is 5.96 Å². The third-order valence-corrected chi connectivity index (χ3v) is 6.52. The molecule has 1 aromatic heterocycles. The molecule has 30 heavy (non-hydrogen) atoms. The van der Waals surface area contributed by atoms with E-state index in [4.69, 9.17) is 0 Å². The molecule has 6 nitrogen and oxygen atoms in total. The largest absolute Gasteiger partial charge is 0.356 e. The SMILES string of the molecule is CCc1cnc(CNC(=NC)NCCCN2CCN(C)CC2c2ccccc2)s1.I. The minimum absolute atomic E-state index is 0. The van der Waals surface area contributed by atoms with Crippen LogP contribution in [0.25, 0.3) is 0 Å². The zero-order chi connectivity index (χ0) is 20.5. The number of aromatic nitrogens is 1. The van der Waals surface area contributed by atoms with Crippen LogP contribution in [0.1, 0.15) is 34.8 Å². The van der Waals surface area contributed by atoms with Gasteiger partial charge < -0.3 is 15.5 Å². The van der Waals surface area contributed by atoms with Crippen LogP contribution in [0, 0.1) is 0 Å². The van der Waals surface area contributed by atoms with Crippen molar-refractivity contribution in [1.82, 2.24) is 25.4 Å². The number of nitrogens with one attached hydrogen (secondary N) is 2. The van der Waals surface area contributed by atoms with Crippen molar-refractivity contribution in [2.75, 3.05) is 46.8 Å². The zero-order valence-corrected chi connectivity index (χ0v) is 21.5. The number of aryl methyl sites for hydroxylation is 1. The highest BCUT2D eigenvalue weighted by Crippen LogP contribution is 2.24. The van der Waals surface area contributed by atoms with Gasteiger partial charge in [0.1, 0.15) is 5.01 Å². The summed E-state index contributed by atoms with van der Waals surface area (Å²) in [5, 5.41) is 7.92. The van der Waals surface area contributed by atoms with Crippen LogP contribution in [-0.4, -0.2) is 67.6 Å². The second kappa shape index (κ2) is 13.2. The first-order chi connectivity index (χ1) is 14.2. The van der Waals surface area contributed by atoms with Crippen LogP contribution in [-0.2, 0) is 13.0 Å². The summed E-state index contributed by atoms with van der Waals surface area (Å²) in [5.41, 5.74) is 1.42. The quantitative estimate of drug-likeness (QED) is 0.232. The van der Waals surface area contributed by atoms with Gasteiger partial charge in [-0.05, 0) is 25.5 Å². The number of hydrogen-bond donors (Lipinski definition) is 2. The first kappa shape index (κ1) is 25.0. The smallest absolute Gasteiger partial charge is 0.191 e. The fourth-order valence-corrected chi connectivity index (χ4v) is 4.48. The molecule has 0 amide bonds. The maximum absolute atomic E-state index is 4.46. The lowest BCUT2D eigenvalue weighted by molar-refractivity contribution is 0.0891. The molecule has 1 saturated heterocycles. The van der Waals surface area contributed by atoms with Gasteiger partial charge in [-0.3, -0.25) is 9.89 Å². The zero-order valence-electron chi connectivity index (χ0n) is 18.3. The van der Waals surface area contributed by atoms with Crippen molar-refractivity contribution in [3.63, 3.8) is 0 Å². The van der Waals surface area contributed by atoms with E-state index in [0.717, 1.165) is 63.1 Å². The molecule has 3 rings (SSSR count). The van der Waals surface area contributed by atoms with Gasteiger partial charge in [0.2, 0.25) is 0 Å². The monoisotopic (exact) mass is 542 g/mol. The summed E-state index contributed by atoms with van der Waals surface area (Å²) in [7, 11) is 4.04. The molecule has 0 aliphatic carbocycles. The highest BCUT2D eigenvalue weighted by Gasteiger charge is 2.25. The fourth-order valence-electron chi connectivity index (χ4n) is 3.68. The Bertz CT molecular complexity index is 766. The van der Waals surface area contributed by atoms with E-state index < -0.39 is 0 Å². The highest BCUT2D eigenvalue weighted by atomic mass is 127. The normalized spacial score (nSPS) is 18.1. The molecule has 1 fully saturated rings. The Morgan fingerprint density at radius 1 is 1.23 bits per heavy atom. The molecule has 1 aromatic carbocycles. The number of nitrogens with zero attached hydrogens (tertiary/aromatic N) is 4. The molecule has 2 heterocycles. The average molecular weight is 543 g/mol. The molecular weight excluding hydrogens is 507 g/mol. The van der Waals surface area contributed by atoms with Crippen molar-refractivity contribution in [2.24, 2.45) is 4.99 Å². The van der Waals surface area contributed by atoms with Crippen LogP contribution in [0.15, 0.2) is 41.5 Å². The van der Waals surface area contributed by atoms with Gasteiger partial charge in [-0.1, -0.05) is 37.3 Å². The van der Waals surface area contributed by atoms with Gasteiger partial charge in [-0.25, -0.2) is 4.98 Å². The van der Waals surface area contributed by atoms with Crippen molar-refractivity contribution < 1.29 is 0 Å². The summed E-state index contributed by atoms with van der Waals surface area (Å²) in [5.74, 6) is 0.844. The van der Waals surface area contributed by atoms with Crippen LogP contribution in [0.2, 0.25) is 0 Å². The molecule has 2 N–H and O–H groups in total. The molecule has 1 aliphatic rings. The summed E-state index contributed by atoms with van der Waals surface area (Å²) in [6.07, 6.45) is 4.10. The van der Waals surface area contributed by atoms with Crippen molar-refractivity contribution in [3.05, 3.63) is 52.0 Å². The van der Waals surface area contributed by atoms with E-state index in [9.17, 15) is 0 Å². The molecule has 0 spiro atoms. The molecule has 1 atom stereocenters. The van der Waals surface area contributed by atoms with Crippen LogP contribution in [0.3, 0.4) is 0 Å². The number of benzene rings is 1. The average Bonchev–Trinajstić information content (AvgIpc) is 3.23. The molecule has 1 aliphatic heterocycles. The standard InChI is InChI=1S/C22H34N6S.HI/c1-4-19-15-25-21(29-19)16-26-22(23-2)24-11-8-12-28-14-13-27(3)17-20(28)18-9-6-5-7-10-18;/h5-7,9-10,15,20H,4,8,11-14,16-17H2,1-3H3,(H2,23,24,26);1H. The molecule has 8 heteroatoms. The third-order valence-electron chi connectivity index (χ3n) is 5.37. The minimum atomic E-state index is 0. The van der Waals surface area contributed by atoms with Crippen LogP contribution < -0.4 is 10.6 Å². The van der Waals surface area contributed by atoms with Crippen LogP contribution in [0.5, 0.6) is 0 Å². The number of thiazole rings is 1. The summed E-state index contributed by atoms with van der Waals surface area (Å²) in [6.45, 7) is 8.22. The van der Waals surface area contributed by atoms with Gasteiger partial charge in [0.05, 0.1) is 6.54 Å². The van der Waals surface area contributed by atoms with E-state index in [0.29, 0.717) is 6.04 Å². The summed E-state index contributed by atoms with van der Waals surface area (Å²) < 4.78 is 0. The molecule has 166 valence electrons. The molecule has 2 aromatic rings. The van der Waals surface area contributed by atoms with Gasteiger partial charge in [-0.15, -0.1) is 35.3 Å². The van der Waals surface area contributed by atoms with Gasteiger partial charge in [-0.2, -0.15) is 0 Å². The Balaban J connectivity index is 0.00000320. The lowest BCUT2D eigenvalue weighted by Gasteiger charge is -2.40. The molecule has 0 saturated carbocycles. The Kier molecular flexibility index (Phi) is 11.0. The van der Waals surface area contributed by atoms with Crippen molar-refractivity contribution >= 4 is 41.3 Å². The predicted molar refractivity (Wildman–Crippen MR) is 138 cm³/mol. The minimum Gasteiger partial charge on any atom is -0.356 e. The number of rotatable bonds is 8. The maximum atomic E-state index is 4.46. The van der Waals surface area contributed by atoms with E-state index in [1.165, 1.54) is 10.4 Å². The van der Waals surface area contributed by atoms with Gasteiger partial charge >= 0.3 is 0 Å². The van der Waals surface area contributed by atoms with Gasteiger partial charge in [0.25, 0.3) is 0 Å². The lowest BCUT2D eigenvalue weighted by Crippen LogP contribution is -2.47. The first-order valence-corrected chi connectivity index (χ1v) is 11.4. The van der Waals surface area contributed by atoms with Gasteiger partial charge in [0, 0.05) is 56.9 Å². The number of piperazine rings is 1. The molecule has 0 bridgehead atoms. The van der Waals surface area contributed by atoms with E-state index in [-0.39, 0.29) is 24.0 Å². The van der Waals surface area contributed by atoms with Crippen molar-refractivity contribution in [1.29, 1.82) is 0 Å². The number of guanidine groups is 1. The molecular formula is C22H35IN6S. The predicted octanol–water partition coefficient (Wildman–Crippen LogP) is 3.37. The topological polar surface area (TPSA) is 55.8 Å². The van der Waals surface area contributed by atoms with E-state index in [1.54, 1.807) is 11.3 Å². The van der Waals surface area contributed by atoms with E-state index in [1.807, 2.05) is 13.2 Å². The number of likely N-dealkylation sites (N-methyl/N-ethyl adjacent to an activating group) is 1. The number of hydrogen-bond acceptors (Lipinski definition) is 5. The fraction of sp³-hybridized carbons (Fsp3) is 0.545.